The molecule has 5 nitrogen and oxygen atoms in total. The van der Waals surface area contributed by atoms with E-state index in [2.05, 4.69) is 28.4 Å². The van der Waals surface area contributed by atoms with Gasteiger partial charge in [0.2, 0.25) is 5.91 Å². The molecule has 1 unspecified atom stereocenters. The Morgan fingerprint density at radius 3 is 2.55 bits per heavy atom. The first-order valence-corrected chi connectivity index (χ1v) is 11.4. The van der Waals surface area contributed by atoms with Gasteiger partial charge in [0, 0.05) is 24.0 Å². The van der Waals surface area contributed by atoms with Gasteiger partial charge in [0.25, 0.3) is 0 Å². The largest absolute Gasteiger partial charge is 0.462 e. The van der Waals surface area contributed by atoms with E-state index in [1.807, 2.05) is 48.7 Å². The van der Waals surface area contributed by atoms with Crippen LogP contribution in [-0.4, -0.2) is 36.0 Å². The summed E-state index contributed by atoms with van der Waals surface area (Å²) in [6, 6.07) is 17.7. The van der Waals surface area contributed by atoms with Crippen molar-refractivity contribution < 1.29 is 14.3 Å². The molecule has 0 saturated carbocycles. The molecule has 4 rings (SSSR count). The third-order valence-corrected chi connectivity index (χ3v) is 6.57. The third-order valence-electron chi connectivity index (χ3n) is 5.68. The van der Waals surface area contributed by atoms with Crippen molar-refractivity contribution in [2.75, 3.05) is 18.5 Å². The smallest absolute Gasteiger partial charge is 0.341 e. The van der Waals surface area contributed by atoms with Crippen LogP contribution in [0, 0.1) is 0 Å². The Kier molecular flexibility index (Phi) is 6.49. The first-order valence-electron chi connectivity index (χ1n) is 10.5. The Morgan fingerprint density at radius 1 is 1.10 bits per heavy atom. The summed E-state index contributed by atoms with van der Waals surface area (Å²) in [5.41, 5.74) is 4.73. The van der Waals surface area contributed by atoms with Crippen molar-refractivity contribution in [3.05, 3.63) is 76.7 Å². The number of rotatable bonds is 6. The van der Waals surface area contributed by atoms with E-state index in [0.717, 1.165) is 30.6 Å². The molecule has 160 valence electrons. The summed E-state index contributed by atoms with van der Waals surface area (Å²) in [5, 5.41) is 5.43. The number of carbonyl (C=O) groups excluding carboxylic acids is 2. The zero-order valence-electron chi connectivity index (χ0n) is 17.8. The fraction of sp³-hybridized carbons (Fsp3) is 0.280. The van der Waals surface area contributed by atoms with Gasteiger partial charge in [-0.2, -0.15) is 0 Å². The molecule has 0 saturated heterocycles. The minimum atomic E-state index is -0.419. The topological polar surface area (TPSA) is 58.6 Å². The molecule has 1 aliphatic heterocycles. The molecule has 2 heterocycles. The van der Waals surface area contributed by atoms with Gasteiger partial charge in [-0.25, -0.2) is 4.79 Å². The summed E-state index contributed by atoms with van der Waals surface area (Å²) < 4.78 is 5.29. The number of anilines is 1. The molecule has 0 bridgehead atoms. The Balaban J connectivity index is 1.55. The van der Waals surface area contributed by atoms with Crippen molar-refractivity contribution in [3.8, 4) is 11.1 Å². The lowest BCUT2D eigenvalue weighted by Crippen LogP contribution is -2.44. The maximum absolute atomic E-state index is 13.1. The number of hydrogen-bond donors (Lipinski definition) is 1. The fourth-order valence-corrected chi connectivity index (χ4v) is 4.88. The molecule has 0 fully saturated rings. The molecule has 3 aromatic rings. The van der Waals surface area contributed by atoms with Crippen LogP contribution < -0.4 is 5.32 Å². The van der Waals surface area contributed by atoms with Gasteiger partial charge >= 0.3 is 5.97 Å². The standard InChI is InChI=1S/C25H26N2O3S/c1-3-30-25(29)22-21(19-10-5-4-6-11-19)16-31-24(22)26-23(28)17(2)27-14-13-18-9-7-8-12-20(18)15-27/h4-12,16-17H,3,13-15H2,1-2H3,(H,26,28). The van der Waals surface area contributed by atoms with E-state index >= 15 is 0 Å². The molecule has 1 N–H and O–H groups in total. The van der Waals surface area contributed by atoms with E-state index in [-0.39, 0.29) is 18.6 Å². The second-order valence-electron chi connectivity index (χ2n) is 7.59. The number of thiophene rings is 1. The molecule has 6 heteroatoms. The van der Waals surface area contributed by atoms with E-state index in [0.29, 0.717) is 10.6 Å². The zero-order chi connectivity index (χ0) is 21.8. The average Bonchev–Trinajstić information content (AvgIpc) is 3.22. The summed E-state index contributed by atoms with van der Waals surface area (Å²) in [6.07, 6.45) is 0.930. The highest BCUT2D eigenvalue weighted by Crippen LogP contribution is 2.36. The molecule has 0 spiro atoms. The van der Waals surface area contributed by atoms with Crippen LogP contribution in [0.15, 0.2) is 60.0 Å². The first-order chi connectivity index (χ1) is 15.1. The van der Waals surface area contributed by atoms with E-state index < -0.39 is 5.97 Å². The van der Waals surface area contributed by atoms with Gasteiger partial charge < -0.3 is 10.1 Å². The van der Waals surface area contributed by atoms with Gasteiger partial charge in [-0.15, -0.1) is 11.3 Å². The maximum atomic E-state index is 13.1. The summed E-state index contributed by atoms with van der Waals surface area (Å²) in [5.74, 6) is -0.538. The fourth-order valence-electron chi connectivity index (χ4n) is 3.92. The quantitative estimate of drug-likeness (QED) is 0.556. The van der Waals surface area contributed by atoms with Crippen LogP contribution in [0.4, 0.5) is 5.00 Å². The van der Waals surface area contributed by atoms with Crippen LogP contribution >= 0.6 is 11.3 Å². The molecule has 0 aliphatic carbocycles. The summed E-state index contributed by atoms with van der Waals surface area (Å²) in [6.45, 7) is 5.55. The Morgan fingerprint density at radius 2 is 1.81 bits per heavy atom. The highest BCUT2D eigenvalue weighted by Gasteiger charge is 2.28. The van der Waals surface area contributed by atoms with Crippen molar-refractivity contribution in [3.63, 3.8) is 0 Å². The number of benzene rings is 2. The highest BCUT2D eigenvalue weighted by molar-refractivity contribution is 7.15. The van der Waals surface area contributed by atoms with E-state index in [4.69, 9.17) is 4.74 Å². The minimum absolute atomic E-state index is 0.119. The number of amides is 1. The van der Waals surface area contributed by atoms with Crippen molar-refractivity contribution in [2.45, 2.75) is 32.9 Å². The van der Waals surface area contributed by atoms with Crippen LogP contribution in [0.2, 0.25) is 0 Å². The molecule has 1 aromatic heterocycles. The number of carbonyl (C=O) groups is 2. The van der Waals surface area contributed by atoms with Crippen LogP contribution in [0.25, 0.3) is 11.1 Å². The number of nitrogens with one attached hydrogen (secondary N) is 1. The first kappa shape index (κ1) is 21.3. The van der Waals surface area contributed by atoms with Crippen LogP contribution in [0.1, 0.15) is 35.3 Å². The Bertz CT molecular complexity index is 1080. The third kappa shape index (κ3) is 4.55. The van der Waals surface area contributed by atoms with Gasteiger partial charge in [-0.3, -0.25) is 9.69 Å². The zero-order valence-corrected chi connectivity index (χ0v) is 18.6. The van der Waals surface area contributed by atoms with E-state index in [1.54, 1.807) is 6.92 Å². The molecular formula is C25H26N2O3S. The minimum Gasteiger partial charge on any atom is -0.462 e. The number of fused-ring (bicyclic) bond motifs is 1. The summed E-state index contributed by atoms with van der Waals surface area (Å²) >= 11 is 1.35. The lowest BCUT2D eigenvalue weighted by Gasteiger charge is -2.32. The highest BCUT2D eigenvalue weighted by atomic mass is 32.1. The predicted octanol–water partition coefficient (Wildman–Crippen LogP) is 4.98. The van der Waals surface area contributed by atoms with Crippen LogP contribution in [0.3, 0.4) is 0 Å². The monoisotopic (exact) mass is 434 g/mol. The van der Waals surface area contributed by atoms with Crippen molar-refractivity contribution in [1.82, 2.24) is 4.90 Å². The summed E-state index contributed by atoms with van der Waals surface area (Å²) in [7, 11) is 0. The second-order valence-corrected chi connectivity index (χ2v) is 8.47. The molecule has 0 radical (unpaired) electrons. The van der Waals surface area contributed by atoms with Gasteiger partial charge in [0.05, 0.1) is 12.6 Å². The predicted molar refractivity (Wildman–Crippen MR) is 124 cm³/mol. The van der Waals surface area contributed by atoms with Crippen molar-refractivity contribution >= 4 is 28.2 Å². The Hall–Kier alpha value is -2.96. The molecule has 1 amide bonds. The maximum Gasteiger partial charge on any atom is 0.341 e. The molecule has 2 aromatic carbocycles. The SMILES string of the molecule is CCOC(=O)c1c(-c2ccccc2)csc1NC(=O)C(C)N1CCc2ccccc2C1. The van der Waals surface area contributed by atoms with Gasteiger partial charge in [-0.05, 0) is 37.0 Å². The average molecular weight is 435 g/mol. The van der Waals surface area contributed by atoms with E-state index in [9.17, 15) is 9.59 Å². The number of esters is 1. The molecule has 1 aliphatic rings. The molecule has 31 heavy (non-hydrogen) atoms. The van der Waals surface area contributed by atoms with Crippen LogP contribution in [-0.2, 0) is 22.5 Å². The second kappa shape index (κ2) is 9.45. The van der Waals surface area contributed by atoms with Crippen molar-refractivity contribution in [1.29, 1.82) is 0 Å². The van der Waals surface area contributed by atoms with Crippen LogP contribution in [0.5, 0.6) is 0 Å². The summed E-state index contributed by atoms with van der Waals surface area (Å²) in [4.78, 5) is 28.0. The molecular weight excluding hydrogens is 408 g/mol. The van der Waals surface area contributed by atoms with Gasteiger partial charge in [0.15, 0.2) is 0 Å². The van der Waals surface area contributed by atoms with Gasteiger partial charge in [0.1, 0.15) is 10.6 Å². The van der Waals surface area contributed by atoms with Gasteiger partial charge in [-0.1, -0.05) is 54.6 Å². The lowest BCUT2D eigenvalue weighted by molar-refractivity contribution is -0.121. The molecule has 1 atom stereocenters. The number of nitrogens with zero attached hydrogens (tertiary/aromatic N) is 1. The normalized spacial score (nSPS) is 14.5. The van der Waals surface area contributed by atoms with Crippen molar-refractivity contribution in [2.24, 2.45) is 0 Å². The van der Waals surface area contributed by atoms with E-state index in [1.165, 1.54) is 22.5 Å². The number of ether oxygens (including phenoxy) is 1. The Labute approximate surface area is 186 Å². The number of hydrogen-bond acceptors (Lipinski definition) is 5. The lowest BCUT2D eigenvalue weighted by atomic mass is 9.98.